The molecule has 2 atom stereocenters. The third-order valence-corrected chi connectivity index (χ3v) is 2.99. The van der Waals surface area contributed by atoms with Crippen molar-refractivity contribution in [3.8, 4) is 6.07 Å². The topological polar surface area (TPSA) is 36.3 Å². The Balaban J connectivity index is 2.09. The van der Waals surface area contributed by atoms with Crippen molar-refractivity contribution in [1.82, 2.24) is 4.90 Å². The average Bonchev–Trinajstić information content (AvgIpc) is 2.26. The van der Waals surface area contributed by atoms with Crippen LogP contribution in [0.5, 0.6) is 0 Å². The van der Waals surface area contributed by atoms with E-state index in [0.717, 1.165) is 18.7 Å². The van der Waals surface area contributed by atoms with E-state index in [4.69, 9.17) is 10.00 Å². The van der Waals surface area contributed by atoms with E-state index in [-0.39, 0.29) is 18.0 Å². The van der Waals surface area contributed by atoms with Crippen LogP contribution >= 0.6 is 0 Å². The molecule has 3 nitrogen and oxygen atoms in total. The number of hydrogen-bond acceptors (Lipinski definition) is 3. The van der Waals surface area contributed by atoms with Crippen molar-refractivity contribution < 1.29 is 9.13 Å². The number of benzene rings is 1. The highest BCUT2D eigenvalue weighted by Gasteiger charge is 2.22. The molecule has 1 fully saturated rings. The molecule has 0 amide bonds. The molecule has 0 saturated carbocycles. The maximum Gasteiger partial charge on any atom is 0.124 e. The summed E-state index contributed by atoms with van der Waals surface area (Å²) in [5.74, 6) is -0.349. The SMILES string of the molecule is CC1CN(Cc2cc(F)cc(C#N)c2)CC(C)O1. The number of ether oxygens (including phenoxy) is 1. The Morgan fingerprint density at radius 3 is 2.61 bits per heavy atom. The summed E-state index contributed by atoms with van der Waals surface area (Å²) >= 11 is 0. The summed E-state index contributed by atoms with van der Waals surface area (Å²) in [7, 11) is 0. The van der Waals surface area contributed by atoms with Crippen LogP contribution < -0.4 is 0 Å². The predicted octanol–water partition coefficient (Wildman–Crippen LogP) is 2.31. The first kappa shape index (κ1) is 13.0. The molecule has 96 valence electrons. The van der Waals surface area contributed by atoms with E-state index in [2.05, 4.69) is 4.90 Å². The molecule has 1 aliphatic heterocycles. The van der Waals surface area contributed by atoms with E-state index in [0.29, 0.717) is 12.1 Å². The second kappa shape index (κ2) is 5.47. The number of halogens is 1. The predicted molar refractivity (Wildman–Crippen MR) is 66.4 cm³/mol. The van der Waals surface area contributed by atoms with Crippen LogP contribution in [0.4, 0.5) is 4.39 Å². The molecule has 0 bridgehead atoms. The minimum absolute atomic E-state index is 0.192. The van der Waals surface area contributed by atoms with E-state index in [9.17, 15) is 4.39 Å². The zero-order chi connectivity index (χ0) is 13.1. The van der Waals surface area contributed by atoms with Crippen LogP contribution in [0.2, 0.25) is 0 Å². The maximum absolute atomic E-state index is 13.3. The van der Waals surface area contributed by atoms with E-state index < -0.39 is 0 Å². The zero-order valence-corrected chi connectivity index (χ0v) is 10.7. The number of nitriles is 1. The lowest BCUT2D eigenvalue weighted by molar-refractivity contribution is -0.0705. The molecule has 2 unspecified atom stereocenters. The zero-order valence-electron chi connectivity index (χ0n) is 10.7. The Labute approximate surface area is 107 Å². The van der Waals surface area contributed by atoms with Gasteiger partial charge in [-0.1, -0.05) is 0 Å². The maximum atomic E-state index is 13.3. The summed E-state index contributed by atoms with van der Waals surface area (Å²) in [5.41, 5.74) is 1.22. The second-order valence-electron chi connectivity index (χ2n) is 4.91. The van der Waals surface area contributed by atoms with Gasteiger partial charge in [0.15, 0.2) is 0 Å². The highest BCUT2D eigenvalue weighted by Crippen LogP contribution is 2.16. The van der Waals surface area contributed by atoms with Crippen molar-refractivity contribution in [3.63, 3.8) is 0 Å². The van der Waals surface area contributed by atoms with Crippen LogP contribution in [0, 0.1) is 17.1 Å². The van der Waals surface area contributed by atoms with Gasteiger partial charge in [-0.2, -0.15) is 5.26 Å². The molecule has 4 heteroatoms. The summed E-state index contributed by atoms with van der Waals surface area (Å²) in [6.45, 7) is 6.40. The van der Waals surface area contributed by atoms with Gasteiger partial charge in [-0.05, 0) is 37.6 Å². The first-order valence-electron chi connectivity index (χ1n) is 6.14. The molecular weight excluding hydrogens is 231 g/mol. The molecule has 1 heterocycles. The minimum Gasteiger partial charge on any atom is -0.373 e. The second-order valence-corrected chi connectivity index (χ2v) is 4.91. The first-order valence-corrected chi connectivity index (χ1v) is 6.14. The molecule has 1 aliphatic rings. The van der Waals surface area contributed by atoms with Crippen molar-refractivity contribution in [2.75, 3.05) is 13.1 Å². The van der Waals surface area contributed by atoms with Crippen molar-refractivity contribution in [1.29, 1.82) is 5.26 Å². The Hall–Kier alpha value is -1.44. The van der Waals surface area contributed by atoms with Gasteiger partial charge < -0.3 is 4.74 Å². The van der Waals surface area contributed by atoms with Gasteiger partial charge in [-0.15, -0.1) is 0 Å². The van der Waals surface area contributed by atoms with Gasteiger partial charge in [-0.3, -0.25) is 4.90 Å². The van der Waals surface area contributed by atoms with Crippen molar-refractivity contribution in [2.45, 2.75) is 32.6 Å². The Kier molecular flexibility index (Phi) is 3.95. The fraction of sp³-hybridized carbons (Fsp3) is 0.500. The number of nitrogens with zero attached hydrogens (tertiary/aromatic N) is 2. The molecule has 0 spiro atoms. The van der Waals surface area contributed by atoms with Crippen LogP contribution in [0.15, 0.2) is 18.2 Å². The molecule has 18 heavy (non-hydrogen) atoms. The fourth-order valence-corrected chi connectivity index (χ4v) is 2.48. The average molecular weight is 248 g/mol. The quantitative estimate of drug-likeness (QED) is 0.805. The highest BCUT2D eigenvalue weighted by atomic mass is 19.1. The summed E-state index contributed by atoms with van der Waals surface area (Å²) in [5, 5.41) is 8.83. The lowest BCUT2D eigenvalue weighted by atomic mass is 10.1. The lowest BCUT2D eigenvalue weighted by Crippen LogP contribution is -2.44. The minimum atomic E-state index is -0.349. The van der Waals surface area contributed by atoms with Gasteiger partial charge in [0, 0.05) is 19.6 Å². The van der Waals surface area contributed by atoms with Crippen LogP contribution in [-0.4, -0.2) is 30.2 Å². The molecule has 1 aromatic carbocycles. The van der Waals surface area contributed by atoms with Crippen LogP contribution in [0.25, 0.3) is 0 Å². The monoisotopic (exact) mass is 248 g/mol. The van der Waals surface area contributed by atoms with Gasteiger partial charge in [0.25, 0.3) is 0 Å². The molecule has 1 saturated heterocycles. The highest BCUT2D eigenvalue weighted by molar-refractivity contribution is 5.33. The Morgan fingerprint density at radius 2 is 2.00 bits per heavy atom. The molecule has 0 aliphatic carbocycles. The first-order chi connectivity index (χ1) is 8.56. The molecular formula is C14H17FN2O. The number of rotatable bonds is 2. The van der Waals surface area contributed by atoms with Gasteiger partial charge >= 0.3 is 0 Å². The molecule has 0 aromatic heterocycles. The van der Waals surface area contributed by atoms with Crippen LogP contribution in [0.3, 0.4) is 0 Å². The van der Waals surface area contributed by atoms with Gasteiger partial charge in [0.05, 0.1) is 23.8 Å². The fourth-order valence-electron chi connectivity index (χ4n) is 2.48. The van der Waals surface area contributed by atoms with Gasteiger partial charge in [0.2, 0.25) is 0 Å². The molecule has 0 radical (unpaired) electrons. The van der Waals surface area contributed by atoms with Gasteiger partial charge in [-0.25, -0.2) is 4.39 Å². The third-order valence-electron chi connectivity index (χ3n) is 2.99. The number of hydrogen-bond donors (Lipinski definition) is 0. The lowest BCUT2D eigenvalue weighted by Gasteiger charge is -2.35. The molecule has 0 N–H and O–H groups in total. The molecule has 2 rings (SSSR count). The van der Waals surface area contributed by atoms with E-state index >= 15 is 0 Å². The third kappa shape index (κ3) is 3.28. The Bertz CT molecular complexity index is 459. The van der Waals surface area contributed by atoms with Gasteiger partial charge in [0.1, 0.15) is 5.82 Å². The van der Waals surface area contributed by atoms with Crippen LogP contribution in [-0.2, 0) is 11.3 Å². The summed E-state index contributed by atoms with van der Waals surface area (Å²) in [6, 6.07) is 6.47. The Morgan fingerprint density at radius 1 is 1.33 bits per heavy atom. The van der Waals surface area contributed by atoms with E-state index in [1.165, 1.54) is 12.1 Å². The van der Waals surface area contributed by atoms with Crippen molar-refractivity contribution in [3.05, 3.63) is 35.1 Å². The smallest absolute Gasteiger partial charge is 0.124 e. The summed E-state index contributed by atoms with van der Waals surface area (Å²) in [4.78, 5) is 2.23. The standard InChI is InChI=1S/C14H17FN2O/c1-10-7-17(8-11(2)18-10)9-13-3-12(6-16)4-14(15)5-13/h3-5,10-11H,7-9H2,1-2H3. The van der Waals surface area contributed by atoms with Crippen molar-refractivity contribution >= 4 is 0 Å². The molecule has 1 aromatic rings. The largest absolute Gasteiger partial charge is 0.373 e. The van der Waals surface area contributed by atoms with E-state index in [1.807, 2.05) is 19.9 Å². The normalized spacial score (nSPS) is 24.8. The number of morpholine rings is 1. The van der Waals surface area contributed by atoms with Crippen LogP contribution in [0.1, 0.15) is 25.0 Å². The summed E-state index contributed by atoms with van der Waals surface area (Å²) in [6.07, 6.45) is 0.385. The summed E-state index contributed by atoms with van der Waals surface area (Å²) < 4.78 is 19.0. The van der Waals surface area contributed by atoms with E-state index in [1.54, 1.807) is 6.07 Å². The van der Waals surface area contributed by atoms with Crippen molar-refractivity contribution in [2.24, 2.45) is 0 Å².